The van der Waals surface area contributed by atoms with Crippen molar-refractivity contribution in [1.82, 2.24) is 4.72 Å². The monoisotopic (exact) mass is 381 g/mol. The van der Waals surface area contributed by atoms with Gasteiger partial charge < -0.3 is 9.47 Å². The number of sulfonamides is 1. The largest absolute Gasteiger partial charge is 0.493 e. The highest BCUT2D eigenvalue weighted by Crippen LogP contribution is 2.29. The maximum absolute atomic E-state index is 12.4. The highest BCUT2D eigenvalue weighted by molar-refractivity contribution is 7.98. The van der Waals surface area contributed by atoms with Crippen LogP contribution in [-0.4, -0.2) is 27.9 Å². The maximum Gasteiger partial charge on any atom is 0.240 e. The molecule has 0 heterocycles. The van der Waals surface area contributed by atoms with Crippen molar-refractivity contribution in [3.8, 4) is 11.5 Å². The van der Waals surface area contributed by atoms with Gasteiger partial charge in [-0.05, 0) is 62.1 Å². The summed E-state index contributed by atoms with van der Waals surface area (Å²) in [7, 11) is -2.00. The van der Waals surface area contributed by atoms with Gasteiger partial charge >= 0.3 is 0 Å². The predicted octanol–water partition coefficient (Wildman–Crippen LogP) is 3.68. The van der Waals surface area contributed by atoms with E-state index in [2.05, 4.69) is 4.72 Å². The van der Waals surface area contributed by atoms with E-state index in [0.717, 1.165) is 10.5 Å². The van der Waals surface area contributed by atoms with Crippen LogP contribution in [0.3, 0.4) is 0 Å². The number of benzene rings is 2. The highest BCUT2D eigenvalue weighted by atomic mass is 32.2. The van der Waals surface area contributed by atoms with Gasteiger partial charge in [0.15, 0.2) is 11.5 Å². The second-order valence-corrected chi connectivity index (χ2v) is 8.30. The van der Waals surface area contributed by atoms with Gasteiger partial charge in [-0.1, -0.05) is 6.07 Å². The van der Waals surface area contributed by atoms with Crippen molar-refractivity contribution in [2.24, 2.45) is 0 Å². The molecule has 0 spiro atoms. The van der Waals surface area contributed by atoms with Crippen LogP contribution in [0.25, 0.3) is 0 Å². The Labute approximate surface area is 153 Å². The molecular formula is C18H23NO4S2. The fraction of sp³-hybridized carbons (Fsp3) is 0.333. The maximum atomic E-state index is 12.4. The first-order valence-corrected chi connectivity index (χ1v) is 10.5. The fourth-order valence-electron chi connectivity index (χ4n) is 2.19. The molecule has 0 aliphatic heterocycles. The van der Waals surface area contributed by atoms with E-state index in [0.29, 0.717) is 11.5 Å². The molecule has 1 N–H and O–H groups in total. The number of methoxy groups -OCH3 is 1. The number of nitrogens with one attached hydrogen (secondary N) is 1. The van der Waals surface area contributed by atoms with Gasteiger partial charge in [-0.25, -0.2) is 13.1 Å². The lowest BCUT2D eigenvalue weighted by Gasteiger charge is -2.15. The van der Waals surface area contributed by atoms with E-state index in [1.807, 2.05) is 26.2 Å². The Morgan fingerprint density at radius 3 is 2.32 bits per heavy atom. The van der Waals surface area contributed by atoms with Crippen LogP contribution < -0.4 is 14.2 Å². The summed E-state index contributed by atoms with van der Waals surface area (Å²) in [4.78, 5) is 1.27. The van der Waals surface area contributed by atoms with Crippen molar-refractivity contribution in [1.29, 1.82) is 0 Å². The molecule has 0 fully saturated rings. The van der Waals surface area contributed by atoms with Gasteiger partial charge in [0, 0.05) is 11.4 Å². The molecule has 0 aliphatic rings. The van der Waals surface area contributed by atoms with Crippen LogP contribution in [0.1, 0.15) is 19.4 Å². The first kappa shape index (κ1) is 19.6. The minimum absolute atomic E-state index is 0.0301. The summed E-state index contributed by atoms with van der Waals surface area (Å²) >= 11 is 1.57. The quantitative estimate of drug-likeness (QED) is 0.707. The van der Waals surface area contributed by atoms with E-state index in [1.54, 1.807) is 55.3 Å². The number of thioether (sulfide) groups is 1. The minimum Gasteiger partial charge on any atom is -0.493 e. The molecule has 0 radical (unpaired) electrons. The fourth-order valence-corrected chi connectivity index (χ4v) is 3.62. The van der Waals surface area contributed by atoms with Crippen LogP contribution in [-0.2, 0) is 16.6 Å². The standard InChI is InChI=1S/C18H23NO4S2/c1-13(2)23-17-10-5-14(11-18(17)22-3)12-19-25(20,21)16-8-6-15(24-4)7-9-16/h5-11,13,19H,12H2,1-4H3. The minimum atomic E-state index is -3.56. The molecule has 0 unspecified atom stereocenters. The average molecular weight is 382 g/mol. The lowest BCUT2D eigenvalue weighted by atomic mass is 10.2. The molecule has 7 heteroatoms. The normalized spacial score (nSPS) is 11.6. The number of ether oxygens (including phenoxy) is 2. The molecular weight excluding hydrogens is 358 g/mol. The van der Waals surface area contributed by atoms with Crippen molar-refractivity contribution in [3.63, 3.8) is 0 Å². The Morgan fingerprint density at radius 2 is 1.76 bits per heavy atom. The topological polar surface area (TPSA) is 64.6 Å². The third-order valence-corrected chi connectivity index (χ3v) is 5.59. The zero-order chi connectivity index (χ0) is 18.4. The lowest BCUT2D eigenvalue weighted by molar-refractivity contribution is 0.230. The van der Waals surface area contributed by atoms with E-state index in [-0.39, 0.29) is 17.5 Å². The van der Waals surface area contributed by atoms with Crippen LogP contribution in [0.5, 0.6) is 11.5 Å². The third-order valence-electron chi connectivity index (χ3n) is 3.43. The average Bonchev–Trinajstić information content (AvgIpc) is 2.60. The summed E-state index contributed by atoms with van der Waals surface area (Å²) in [6.07, 6.45) is 1.98. The van der Waals surface area contributed by atoms with Crippen LogP contribution in [0, 0.1) is 0 Å². The molecule has 2 aromatic carbocycles. The van der Waals surface area contributed by atoms with Crippen molar-refractivity contribution in [3.05, 3.63) is 48.0 Å². The molecule has 0 saturated heterocycles. The second kappa shape index (κ2) is 8.60. The SMILES string of the molecule is COc1cc(CNS(=O)(=O)c2ccc(SC)cc2)ccc1OC(C)C. The van der Waals surface area contributed by atoms with E-state index in [9.17, 15) is 8.42 Å². The molecule has 0 amide bonds. The molecule has 25 heavy (non-hydrogen) atoms. The number of rotatable bonds is 8. The smallest absolute Gasteiger partial charge is 0.240 e. The number of hydrogen-bond acceptors (Lipinski definition) is 5. The summed E-state index contributed by atoms with van der Waals surface area (Å²) in [6.45, 7) is 4.04. The molecule has 0 aromatic heterocycles. The summed E-state index contributed by atoms with van der Waals surface area (Å²) in [5.74, 6) is 1.21. The van der Waals surface area contributed by atoms with Crippen molar-refractivity contribution >= 4 is 21.8 Å². The molecule has 2 aromatic rings. The van der Waals surface area contributed by atoms with Crippen LogP contribution in [0.2, 0.25) is 0 Å². The summed E-state index contributed by atoms with van der Waals surface area (Å²) < 4.78 is 38.4. The zero-order valence-electron chi connectivity index (χ0n) is 14.8. The van der Waals surface area contributed by atoms with E-state index < -0.39 is 10.0 Å². The van der Waals surface area contributed by atoms with Gasteiger partial charge in [0.25, 0.3) is 0 Å². The zero-order valence-corrected chi connectivity index (χ0v) is 16.4. The van der Waals surface area contributed by atoms with E-state index in [1.165, 1.54) is 0 Å². The Kier molecular flexibility index (Phi) is 6.75. The van der Waals surface area contributed by atoms with Crippen molar-refractivity contribution in [2.75, 3.05) is 13.4 Å². The Balaban J connectivity index is 2.11. The first-order valence-electron chi connectivity index (χ1n) is 7.83. The van der Waals surface area contributed by atoms with Gasteiger partial charge in [-0.2, -0.15) is 0 Å². The molecule has 0 bridgehead atoms. The summed E-state index contributed by atoms with van der Waals surface area (Å²) in [5.41, 5.74) is 0.789. The summed E-state index contributed by atoms with van der Waals surface area (Å²) in [6, 6.07) is 12.2. The molecule has 0 saturated carbocycles. The molecule has 0 aliphatic carbocycles. The Hall–Kier alpha value is -1.70. The molecule has 2 rings (SSSR count). The van der Waals surface area contributed by atoms with Gasteiger partial charge in [0.1, 0.15) is 0 Å². The van der Waals surface area contributed by atoms with Crippen LogP contribution in [0.15, 0.2) is 52.3 Å². The van der Waals surface area contributed by atoms with Gasteiger partial charge in [0.05, 0.1) is 18.1 Å². The van der Waals surface area contributed by atoms with Gasteiger partial charge in [-0.3, -0.25) is 0 Å². The Bertz CT molecular complexity index is 802. The summed E-state index contributed by atoms with van der Waals surface area (Å²) in [5, 5.41) is 0. The van der Waals surface area contributed by atoms with E-state index in [4.69, 9.17) is 9.47 Å². The van der Waals surface area contributed by atoms with Gasteiger partial charge in [-0.15, -0.1) is 11.8 Å². The van der Waals surface area contributed by atoms with Crippen molar-refractivity contribution < 1.29 is 17.9 Å². The highest BCUT2D eigenvalue weighted by Gasteiger charge is 2.14. The predicted molar refractivity (Wildman–Crippen MR) is 101 cm³/mol. The molecule has 0 atom stereocenters. The lowest BCUT2D eigenvalue weighted by Crippen LogP contribution is -2.23. The van der Waals surface area contributed by atoms with Crippen molar-refractivity contribution in [2.45, 2.75) is 36.3 Å². The molecule has 5 nitrogen and oxygen atoms in total. The second-order valence-electron chi connectivity index (χ2n) is 5.65. The molecule has 136 valence electrons. The van der Waals surface area contributed by atoms with E-state index >= 15 is 0 Å². The van der Waals surface area contributed by atoms with Gasteiger partial charge in [0.2, 0.25) is 10.0 Å². The first-order chi connectivity index (χ1) is 11.9. The Morgan fingerprint density at radius 1 is 1.08 bits per heavy atom. The third kappa shape index (κ3) is 5.39. The van der Waals surface area contributed by atoms with Crippen LogP contribution in [0.4, 0.5) is 0 Å². The number of hydrogen-bond donors (Lipinski definition) is 1. The van der Waals surface area contributed by atoms with Crippen LogP contribution >= 0.6 is 11.8 Å².